The molecule has 2 aliphatic heterocycles. The quantitative estimate of drug-likeness (QED) is 0.191. The molecule has 2 heterocycles. The van der Waals surface area contributed by atoms with Crippen molar-refractivity contribution >= 4 is 29.7 Å². The maximum Gasteiger partial charge on any atom is 0.303 e. The van der Waals surface area contributed by atoms with Crippen molar-refractivity contribution in [2.24, 2.45) is 16.7 Å². The highest BCUT2D eigenvalue weighted by molar-refractivity contribution is 5.93. The highest BCUT2D eigenvalue weighted by Gasteiger charge is 2.48. The number of nitrogens with zero attached hydrogens (tertiary/aromatic N) is 2. The third-order valence-electron chi connectivity index (χ3n) is 11.3. The maximum atomic E-state index is 13.6. The van der Waals surface area contributed by atoms with Gasteiger partial charge in [-0.05, 0) is 80.0 Å². The summed E-state index contributed by atoms with van der Waals surface area (Å²) in [6.07, 6.45) is 3.30. The Hall–Kier alpha value is -3.82. The summed E-state index contributed by atoms with van der Waals surface area (Å²) in [7, 11) is 2.06. The summed E-state index contributed by atoms with van der Waals surface area (Å²) in [4.78, 5) is 55.6. The highest BCUT2D eigenvalue weighted by Crippen LogP contribution is 2.42. The summed E-state index contributed by atoms with van der Waals surface area (Å²) in [5.74, 6) is -0.679. The Kier molecular flexibility index (Phi) is 14.1. The predicted octanol–water partition coefficient (Wildman–Crippen LogP) is 7.86. The van der Waals surface area contributed by atoms with Gasteiger partial charge in [0, 0.05) is 57.8 Å². The summed E-state index contributed by atoms with van der Waals surface area (Å²) in [6, 6.07) is 12.7. The van der Waals surface area contributed by atoms with Crippen LogP contribution in [-0.4, -0.2) is 85.0 Å². The molecule has 0 radical (unpaired) electrons. The number of hydrogen-bond acceptors (Lipinski definition) is 8. The van der Waals surface area contributed by atoms with Gasteiger partial charge < -0.3 is 24.0 Å². The van der Waals surface area contributed by atoms with Crippen LogP contribution in [-0.2, 0) is 39.8 Å². The number of carbonyl (C=O) groups excluding carboxylic acids is 4. The molecule has 0 aromatic heterocycles. The molecule has 2 saturated heterocycles. The van der Waals surface area contributed by atoms with Gasteiger partial charge in [0.05, 0.1) is 11.5 Å². The standard InChI is InChI=1S/C45H64N2O7/c1-13-38-30(5)40(52-31(6)48)42(53-32(7)49)41(54-38)37-26-35(36(28(2)3)24-29(37)4)25-34-16-14-33(15-17-34)18-19-44(8,9)39(50)27-45(10,11)43(51)47-22-20-46(12)21-23-47/h14-19,24,26,28,30,38,40-42H,13,20-23,25,27H2,1-12H3/b19-18+/t30-,38-,40+,41+,42-/m1/s1. The summed E-state index contributed by atoms with van der Waals surface area (Å²) < 4.78 is 18.4. The molecule has 2 aromatic rings. The van der Waals surface area contributed by atoms with Crippen LogP contribution in [0.1, 0.15) is 127 Å². The molecule has 2 aliphatic rings. The lowest BCUT2D eigenvalue weighted by Crippen LogP contribution is -2.53. The van der Waals surface area contributed by atoms with Gasteiger partial charge in [0.25, 0.3) is 0 Å². The van der Waals surface area contributed by atoms with Gasteiger partial charge in [0.2, 0.25) is 5.91 Å². The second-order valence-electron chi connectivity index (χ2n) is 17.1. The number of Topliss-reactive ketones (excluding diaryl/α,β-unsaturated/α-hetero) is 1. The van der Waals surface area contributed by atoms with Crippen LogP contribution < -0.4 is 0 Å². The number of esters is 2. The Labute approximate surface area is 323 Å². The topological polar surface area (TPSA) is 102 Å². The minimum atomic E-state index is -0.786. The van der Waals surface area contributed by atoms with Crippen molar-refractivity contribution in [1.29, 1.82) is 0 Å². The van der Waals surface area contributed by atoms with Gasteiger partial charge in [-0.25, -0.2) is 0 Å². The van der Waals surface area contributed by atoms with E-state index in [1.54, 1.807) is 0 Å². The van der Waals surface area contributed by atoms with Crippen LogP contribution in [0.4, 0.5) is 0 Å². The molecule has 0 spiro atoms. The lowest BCUT2D eigenvalue weighted by Gasteiger charge is -2.45. The Morgan fingerprint density at radius 2 is 1.52 bits per heavy atom. The van der Waals surface area contributed by atoms with E-state index in [0.717, 1.165) is 47.3 Å². The fourth-order valence-electron chi connectivity index (χ4n) is 7.78. The molecular formula is C45H64N2O7. The molecule has 296 valence electrons. The smallest absolute Gasteiger partial charge is 0.303 e. The molecule has 9 heteroatoms. The van der Waals surface area contributed by atoms with Crippen LogP contribution in [0, 0.1) is 23.7 Å². The van der Waals surface area contributed by atoms with Crippen molar-refractivity contribution < 1.29 is 33.4 Å². The van der Waals surface area contributed by atoms with Crippen molar-refractivity contribution in [2.75, 3.05) is 33.2 Å². The van der Waals surface area contributed by atoms with Crippen molar-refractivity contribution in [3.05, 3.63) is 75.9 Å². The van der Waals surface area contributed by atoms with Gasteiger partial charge in [-0.2, -0.15) is 0 Å². The van der Waals surface area contributed by atoms with E-state index in [-0.39, 0.29) is 36.1 Å². The number of ketones is 1. The number of benzene rings is 2. The Morgan fingerprint density at radius 1 is 0.926 bits per heavy atom. The molecule has 9 nitrogen and oxygen atoms in total. The largest absolute Gasteiger partial charge is 0.458 e. The third-order valence-corrected chi connectivity index (χ3v) is 11.3. The minimum absolute atomic E-state index is 0.0380. The lowest BCUT2D eigenvalue weighted by molar-refractivity contribution is -0.225. The van der Waals surface area contributed by atoms with E-state index >= 15 is 0 Å². The van der Waals surface area contributed by atoms with Gasteiger partial charge in [0.1, 0.15) is 18.0 Å². The first-order valence-electron chi connectivity index (χ1n) is 19.7. The average Bonchev–Trinajstić information content (AvgIpc) is 3.09. The molecule has 2 aromatic carbocycles. The van der Waals surface area contributed by atoms with Crippen LogP contribution in [0.2, 0.25) is 0 Å². The fourth-order valence-corrected chi connectivity index (χ4v) is 7.78. The van der Waals surface area contributed by atoms with Crippen LogP contribution in [0.15, 0.2) is 42.5 Å². The normalized spacial score (nSPS) is 22.8. The van der Waals surface area contributed by atoms with Gasteiger partial charge in [-0.15, -0.1) is 0 Å². The van der Waals surface area contributed by atoms with Crippen molar-refractivity contribution in [3.8, 4) is 0 Å². The van der Waals surface area contributed by atoms with Gasteiger partial charge in [-0.3, -0.25) is 19.2 Å². The molecule has 2 fully saturated rings. The number of allylic oxidation sites excluding steroid dienone is 1. The SMILES string of the molecule is CC[C@H]1O[C@@H](c2cc(Cc3ccc(/C=C/C(C)(C)C(=O)CC(C)(C)C(=O)N4CCN(C)CC4)cc3)c(C(C)C)cc2C)[C@H](OC(C)=O)[C@@H](OC(C)=O)[C@@H]1C. The van der Waals surface area contributed by atoms with E-state index in [1.165, 1.54) is 19.4 Å². The lowest BCUT2D eigenvalue weighted by atomic mass is 9.76. The van der Waals surface area contributed by atoms with E-state index < -0.39 is 41.1 Å². The van der Waals surface area contributed by atoms with Crippen molar-refractivity contribution in [1.82, 2.24) is 9.80 Å². The first kappa shape index (κ1) is 42.9. The van der Waals surface area contributed by atoms with Crippen LogP contribution in [0.25, 0.3) is 6.08 Å². The molecule has 54 heavy (non-hydrogen) atoms. The van der Waals surface area contributed by atoms with Gasteiger partial charge in [-0.1, -0.05) is 90.1 Å². The van der Waals surface area contributed by atoms with Gasteiger partial charge in [0.15, 0.2) is 6.10 Å². The molecule has 0 unspecified atom stereocenters. The molecule has 0 bridgehead atoms. The number of ether oxygens (including phenoxy) is 3. The molecule has 0 aliphatic carbocycles. The van der Waals surface area contributed by atoms with E-state index in [4.69, 9.17) is 14.2 Å². The van der Waals surface area contributed by atoms with Crippen molar-refractivity contribution in [3.63, 3.8) is 0 Å². The number of piperazine rings is 1. The number of carbonyl (C=O) groups is 4. The van der Waals surface area contributed by atoms with Gasteiger partial charge >= 0.3 is 11.9 Å². The van der Waals surface area contributed by atoms with Crippen molar-refractivity contribution in [2.45, 2.75) is 126 Å². The molecule has 4 rings (SSSR count). The molecule has 0 saturated carbocycles. The highest BCUT2D eigenvalue weighted by atomic mass is 16.6. The zero-order valence-corrected chi connectivity index (χ0v) is 34.8. The third kappa shape index (κ3) is 10.5. The average molecular weight is 745 g/mol. The number of amides is 1. The number of likely N-dealkylation sites (N-methyl/N-ethyl adjacent to an activating group) is 1. The summed E-state index contributed by atoms with van der Waals surface area (Å²) in [6.45, 7) is 23.9. The second kappa shape index (κ2) is 17.8. The molecule has 0 N–H and O–H groups in total. The number of rotatable bonds is 13. The maximum absolute atomic E-state index is 13.6. The monoisotopic (exact) mass is 744 g/mol. The van der Waals surface area contributed by atoms with Crippen LogP contribution >= 0.6 is 0 Å². The van der Waals surface area contributed by atoms with E-state index in [2.05, 4.69) is 69.1 Å². The number of hydrogen-bond donors (Lipinski definition) is 0. The zero-order valence-electron chi connectivity index (χ0n) is 34.8. The van der Waals surface area contributed by atoms with E-state index in [1.807, 2.05) is 58.6 Å². The summed E-state index contributed by atoms with van der Waals surface area (Å²) in [5, 5.41) is 0. The Morgan fingerprint density at radius 3 is 2.07 bits per heavy atom. The Balaban J connectivity index is 1.54. The van der Waals surface area contributed by atoms with Crippen LogP contribution in [0.3, 0.4) is 0 Å². The fraction of sp³-hybridized carbons (Fsp3) is 0.600. The molecular weight excluding hydrogens is 681 g/mol. The predicted molar refractivity (Wildman–Crippen MR) is 213 cm³/mol. The first-order chi connectivity index (χ1) is 25.2. The molecule has 1 amide bonds. The number of aryl methyl sites for hydroxylation is 1. The first-order valence-corrected chi connectivity index (χ1v) is 19.7. The Bertz CT molecular complexity index is 1680. The van der Waals surface area contributed by atoms with E-state index in [0.29, 0.717) is 19.5 Å². The molecule has 5 atom stereocenters. The van der Waals surface area contributed by atoms with E-state index in [9.17, 15) is 19.2 Å². The summed E-state index contributed by atoms with van der Waals surface area (Å²) >= 11 is 0. The second-order valence-corrected chi connectivity index (χ2v) is 17.1. The zero-order chi connectivity index (χ0) is 40.1. The van der Waals surface area contributed by atoms with Crippen LogP contribution in [0.5, 0.6) is 0 Å². The summed E-state index contributed by atoms with van der Waals surface area (Å²) in [5.41, 5.74) is 4.93. The minimum Gasteiger partial charge on any atom is -0.458 e.